The molecular formula is C11H8N8S. The summed E-state index contributed by atoms with van der Waals surface area (Å²) in [7, 11) is 0. The van der Waals surface area contributed by atoms with Crippen LogP contribution >= 0.6 is 11.8 Å². The van der Waals surface area contributed by atoms with Gasteiger partial charge in [0.15, 0.2) is 11.5 Å². The molecule has 20 heavy (non-hydrogen) atoms. The molecule has 0 spiro atoms. The van der Waals surface area contributed by atoms with Gasteiger partial charge in [0.05, 0.1) is 11.1 Å². The number of benzene rings is 1. The van der Waals surface area contributed by atoms with Gasteiger partial charge in [-0.3, -0.25) is 0 Å². The summed E-state index contributed by atoms with van der Waals surface area (Å²) in [5.74, 6) is 0.543. The van der Waals surface area contributed by atoms with Gasteiger partial charge in [0.2, 0.25) is 0 Å². The normalized spacial score (nSPS) is 11.4. The molecular weight excluding hydrogens is 276 g/mol. The minimum atomic E-state index is 0.543. The maximum atomic E-state index is 4.05. The van der Waals surface area contributed by atoms with Crippen molar-refractivity contribution in [3.8, 4) is 11.4 Å². The molecule has 0 fully saturated rings. The number of aromatic amines is 1. The van der Waals surface area contributed by atoms with Gasteiger partial charge in [-0.2, -0.15) is 4.52 Å². The van der Waals surface area contributed by atoms with Crippen LogP contribution in [0.3, 0.4) is 0 Å². The SMILES string of the molecule is CSc1ccc2c(c1)cc(-c1nnn[nH]1)c1nnnn12. The van der Waals surface area contributed by atoms with E-state index in [1.54, 1.807) is 16.3 Å². The molecule has 0 saturated carbocycles. The molecule has 3 aromatic heterocycles. The molecule has 9 heteroatoms. The number of hydrogen-bond donors (Lipinski definition) is 1. The van der Waals surface area contributed by atoms with Crippen LogP contribution in [0.5, 0.6) is 0 Å². The summed E-state index contributed by atoms with van der Waals surface area (Å²) in [5, 5.41) is 26.7. The second-order valence-electron chi connectivity index (χ2n) is 4.15. The largest absolute Gasteiger partial charge is 0.239 e. The Kier molecular flexibility index (Phi) is 2.39. The average molecular weight is 284 g/mol. The quantitative estimate of drug-likeness (QED) is 0.552. The molecule has 0 saturated heterocycles. The smallest absolute Gasteiger partial charge is 0.190 e. The van der Waals surface area contributed by atoms with Crippen molar-refractivity contribution in [2.45, 2.75) is 4.90 Å². The Hall–Kier alpha value is -2.55. The second kappa shape index (κ2) is 4.23. The molecule has 0 aliphatic heterocycles. The minimum absolute atomic E-state index is 0.543. The van der Waals surface area contributed by atoms with Crippen molar-refractivity contribution in [1.29, 1.82) is 0 Å². The van der Waals surface area contributed by atoms with E-state index >= 15 is 0 Å². The highest BCUT2D eigenvalue weighted by Gasteiger charge is 2.14. The van der Waals surface area contributed by atoms with Crippen LogP contribution in [0.4, 0.5) is 0 Å². The van der Waals surface area contributed by atoms with Crippen molar-refractivity contribution >= 4 is 28.3 Å². The lowest BCUT2D eigenvalue weighted by Gasteiger charge is -2.05. The van der Waals surface area contributed by atoms with Gasteiger partial charge in [0, 0.05) is 10.3 Å². The van der Waals surface area contributed by atoms with Crippen molar-refractivity contribution < 1.29 is 0 Å². The van der Waals surface area contributed by atoms with Gasteiger partial charge in [-0.05, 0) is 51.4 Å². The first-order valence-electron chi connectivity index (χ1n) is 5.80. The summed E-state index contributed by atoms with van der Waals surface area (Å²) in [4.78, 5) is 1.17. The standard InChI is InChI=1S/C11H8N8S/c1-20-7-2-3-9-6(4-7)5-8(10-12-15-16-13-10)11-14-17-18-19(9)11/h2-5H,1H3,(H,12,13,15,16). The third kappa shape index (κ3) is 1.56. The molecule has 0 aliphatic carbocycles. The Balaban J connectivity index is 2.13. The number of pyridine rings is 1. The molecule has 98 valence electrons. The summed E-state index contributed by atoms with van der Waals surface area (Å²) in [5.41, 5.74) is 2.33. The molecule has 0 atom stereocenters. The molecule has 4 aromatic rings. The van der Waals surface area contributed by atoms with E-state index in [9.17, 15) is 0 Å². The molecule has 0 unspecified atom stereocenters. The third-order valence-electron chi connectivity index (χ3n) is 3.07. The lowest BCUT2D eigenvalue weighted by atomic mass is 10.1. The zero-order valence-corrected chi connectivity index (χ0v) is 11.2. The highest BCUT2D eigenvalue weighted by Crippen LogP contribution is 2.27. The monoisotopic (exact) mass is 284 g/mol. The van der Waals surface area contributed by atoms with Crippen LogP contribution < -0.4 is 0 Å². The Bertz CT molecular complexity index is 897. The van der Waals surface area contributed by atoms with Crippen LogP contribution in [0.2, 0.25) is 0 Å². The van der Waals surface area contributed by atoms with Crippen LogP contribution in [0.15, 0.2) is 29.2 Å². The Morgan fingerprint density at radius 3 is 2.90 bits per heavy atom. The van der Waals surface area contributed by atoms with E-state index in [1.807, 2.05) is 24.5 Å². The number of aromatic nitrogens is 8. The Morgan fingerprint density at radius 2 is 2.10 bits per heavy atom. The fraction of sp³-hybridized carbons (Fsp3) is 0.0909. The number of fused-ring (bicyclic) bond motifs is 3. The second-order valence-corrected chi connectivity index (χ2v) is 5.03. The average Bonchev–Trinajstić information content (AvgIpc) is 3.17. The highest BCUT2D eigenvalue weighted by molar-refractivity contribution is 7.98. The fourth-order valence-corrected chi connectivity index (χ4v) is 2.60. The van der Waals surface area contributed by atoms with E-state index < -0.39 is 0 Å². The van der Waals surface area contributed by atoms with E-state index in [2.05, 4.69) is 42.2 Å². The van der Waals surface area contributed by atoms with Gasteiger partial charge in [0.25, 0.3) is 0 Å². The number of nitrogens with zero attached hydrogens (tertiary/aromatic N) is 7. The van der Waals surface area contributed by atoms with E-state index in [0.717, 1.165) is 16.5 Å². The topological polar surface area (TPSA) is 97.5 Å². The van der Waals surface area contributed by atoms with Gasteiger partial charge in [-0.15, -0.1) is 22.0 Å². The molecule has 0 aliphatic rings. The number of tetrazole rings is 2. The zero-order chi connectivity index (χ0) is 13.5. The highest BCUT2D eigenvalue weighted by atomic mass is 32.2. The lowest BCUT2D eigenvalue weighted by molar-refractivity contribution is 0.841. The van der Waals surface area contributed by atoms with Gasteiger partial charge in [-0.1, -0.05) is 0 Å². The summed E-state index contributed by atoms with van der Waals surface area (Å²) in [6, 6.07) is 8.13. The van der Waals surface area contributed by atoms with Crippen molar-refractivity contribution in [3.63, 3.8) is 0 Å². The van der Waals surface area contributed by atoms with Gasteiger partial charge in [-0.25, -0.2) is 5.10 Å². The van der Waals surface area contributed by atoms with E-state index in [0.29, 0.717) is 11.5 Å². The van der Waals surface area contributed by atoms with Crippen LogP contribution in [0, 0.1) is 0 Å². The molecule has 3 heterocycles. The van der Waals surface area contributed by atoms with Crippen molar-refractivity contribution in [3.05, 3.63) is 24.3 Å². The third-order valence-corrected chi connectivity index (χ3v) is 3.80. The first-order chi connectivity index (χ1) is 9.86. The predicted molar refractivity (Wildman–Crippen MR) is 73.2 cm³/mol. The van der Waals surface area contributed by atoms with E-state index in [-0.39, 0.29) is 0 Å². The Labute approximate surface area is 116 Å². The maximum Gasteiger partial charge on any atom is 0.190 e. The van der Waals surface area contributed by atoms with Crippen LogP contribution in [-0.2, 0) is 0 Å². The Morgan fingerprint density at radius 1 is 1.15 bits per heavy atom. The predicted octanol–water partition coefficient (Wildman–Crippen LogP) is 1.18. The number of nitrogens with one attached hydrogen (secondary N) is 1. The van der Waals surface area contributed by atoms with Crippen molar-refractivity contribution in [2.24, 2.45) is 0 Å². The molecule has 1 aromatic carbocycles. The molecule has 4 rings (SSSR count). The summed E-state index contributed by atoms with van der Waals surface area (Å²) in [6.07, 6.45) is 2.04. The fourth-order valence-electron chi connectivity index (χ4n) is 2.15. The van der Waals surface area contributed by atoms with Crippen molar-refractivity contribution in [1.82, 2.24) is 40.7 Å². The van der Waals surface area contributed by atoms with Crippen LogP contribution in [-0.4, -0.2) is 46.9 Å². The number of rotatable bonds is 2. The van der Waals surface area contributed by atoms with Gasteiger partial charge >= 0.3 is 0 Å². The molecule has 8 nitrogen and oxygen atoms in total. The zero-order valence-electron chi connectivity index (χ0n) is 10.3. The lowest BCUT2D eigenvalue weighted by Crippen LogP contribution is -1.95. The molecule has 0 radical (unpaired) electrons. The summed E-state index contributed by atoms with van der Waals surface area (Å²) >= 11 is 1.69. The minimum Gasteiger partial charge on any atom is -0.239 e. The van der Waals surface area contributed by atoms with Crippen molar-refractivity contribution in [2.75, 3.05) is 6.26 Å². The van der Waals surface area contributed by atoms with Crippen LogP contribution in [0.1, 0.15) is 0 Å². The number of hydrogen-bond acceptors (Lipinski definition) is 7. The van der Waals surface area contributed by atoms with E-state index in [4.69, 9.17) is 0 Å². The number of H-pyrrole nitrogens is 1. The maximum absolute atomic E-state index is 4.05. The van der Waals surface area contributed by atoms with Crippen LogP contribution in [0.25, 0.3) is 27.9 Å². The molecule has 0 bridgehead atoms. The summed E-state index contributed by atoms with van der Waals surface area (Å²) in [6.45, 7) is 0. The van der Waals surface area contributed by atoms with E-state index in [1.165, 1.54) is 4.90 Å². The first kappa shape index (κ1) is 11.3. The molecule has 0 amide bonds. The van der Waals surface area contributed by atoms with Gasteiger partial charge in [0.1, 0.15) is 0 Å². The number of thioether (sulfide) groups is 1. The first-order valence-corrected chi connectivity index (χ1v) is 7.02. The summed E-state index contributed by atoms with van der Waals surface area (Å²) < 4.78 is 1.69. The van der Waals surface area contributed by atoms with Gasteiger partial charge < -0.3 is 0 Å². The molecule has 1 N–H and O–H groups in total.